The highest BCUT2D eigenvalue weighted by molar-refractivity contribution is 6.43. The molecule has 1 aliphatic carbocycles. The van der Waals surface area contributed by atoms with Gasteiger partial charge in [-0.25, -0.2) is 22.2 Å². The second-order valence-corrected chi connectivity index (χ2v) is 10.4. The van der Waals surface area contributed by atoms with Crippen LogP contribution in [-0.4, -0.2) is 78.1 Å². The van der Waals surface area contributed by atoms with E-state index >= 15 is 0 Å². The van der Waals surface area contributed by atoms with Crippen molar-refractivity contribution in [3.8, 4) is 0 Å². The maximum absolute atomic E-state index is 14.9. The molecule has 12 nitrogen and oxygen atoms in total. The van der Waals surface area contributed by atoms with Crippen molar-refractivity contribution in [2.24, 2.45) is 16.6 Å². The highest BCUT2D eigenvalue weighted by Gasteiger charge is 2.41. The first-order valence-electron chi connectivity index (χ1n) is 13.3. The lowest BCUT2D eigenvalue weighted by Crippen LogP contribution is -2.51. The van der Waals surface area contributed by atoms with Crippen LogP contribution in [0.4, 0.5) is 40.8 Å². The van der Waals surface area contributed by atoms with Crippen LogP contribution in [0.3, 0.4) is 0 Å². The Hall–Kier alpha value is -4.13. The second-order valence-electron chi connectivity index (χ2n) is 10.4. The van der Waals surface area contributed by atoms with Crippen LogP contribution in [0, 0.1) is 11.9 Å². The predicted molar refractivity (Wildman–Crippen MR) is 138 cm³/mol. The van der Waals surface area contributed by atoms with Crippen LogP contribution >= 0.6 is 0 Å². The van der Waals surface area contributed by atoms with Gasteiger partial charge in [0.05, 0.1) is 6.20 Å². The zero-order valence-corrected chi connectivity index (χ0v) is 23.4. The zero-order valence-electron chi connectivity index (χ0n) is 23.4. The van der Waals surface area contributed by atoms with Gasteiger partial charge in [0.1, 0.15) is 30.0 Å². The van der Waals surface area contributed by atoms with E-state index in [0.29, 0.717) is 4.68 Å². The van der Waals surface area contributed by atoms with E-state index in [2.05, 4.69) is 36.3 Å². The minimum Gasteiger partial charge on any atom is -0.405 e. The van der Waals surface area contributed by atoms with Crippen molar-refractivity contribution in [3.63, 3.8) is 0 Å². The summed E-state index contributed by atoms with van der Waals surface area (Å²) >= 11 is 0. The Morgan fingerprint density at radius 1 is 1.23 bits per heavy atom. The third kappa shape index (κ3) is 9.43. The van der Waals surface area contributed by atoms with Gasteiger partial charge in [0.2, 0.25) is 18.3 Å². The number of hydrogen-bond acceptors (Lipinski definition) is 8. The van der Waals surface area contributed by atoms with Gasteiger partial charge >= 0.3 is 6.18 Å². The van der Waals surface area contributed by atoms with Crippen LogP contribution in [0.2, 0.25) is 0 Å². The molecule has 2 atom stereocenters. The fourth-order valence-electron chi connectivity index (χ4n) is 4.61. The summed E-state index contributed by atoms with van der Waals surface area (Å²) in [4.78, 5) is 30.5. The summed E-state index contributed by atoms with van der Waals surface area (Å²) in [5.41, 5.74) is 4.52. The number of nitrogens with zero attached hydrogens (tertiary/aromatic N) is 7. The number of nitrogens with two attached hydrogens (primary N) is 1. The van der Waals surface area contributed by atoms with E-state index < -0.39 is 91.6 Å². The molecule has 1 aliphatic rings. The van der Waals surface area contributed by atoms with Crippen molar-refractivity contribution in [1.82, 2.24) is 35.3 Å². The fourth-order valence-corrected chi connectivity index (χ4v) is 4.61. The standard InChI is InChI=1S/C24H30F8N10O2/c1-12(2)34-14(5-8-33)21(43)36-18(13-3-6-23(28,29)7-4-13)22(44)35-15-10-41(38-19(15)27)16(9-17(25)26)20-37-39-40-42(20)11-24(30,31)32/h5,8,10,12-13,16-18H,3-4,6-7,9,11,33H2,1-2H3,(H,35,44)(H,36,43)/t16?,18-/m0/s1. The normalized spacial score (nSPS) is 17.8. The monoisotopic (exact) mass is 642 g/mol. The minimum atomic E-state index is -4.82. The average Bonchev–Trinajstić information content (AvgIpc) is 3.50. The summed E-state index contributed by atoms with van der Waals surface area (Å²) in [5, 5.41) is 17.7. The SMILES string of the molecule is CC(C)N=C(C=CN)C(=O)N[C@H](C(=O)Nc1cn(C(CC(F)F)c2nnnn2CC(F)(F)F)nc1F)C1CCC(F)(F)CC1. The van der Waals surface area contributed by atoms with E-state index in [9.17, 15) is 44.7 Å². The molecule has 3 rings (SSSR count). The van der Waals surface area contributed by atoms with E-state index in [1.54, 1.807) is 13.8 Å². The number of rotatable bonds is 12. The maximum atomic E-state index is 14.9. The van der Waals surface area contributed by atoms with E-state index in [-0.39, 0.29) is 29.3 Å². The summed E-state index contributed by atoms with van der Waals surface area (Å²) in [6, 6.07) is -3.65. The van der Waals surface area contributed by atoms with Gasteiger partial charge in [-0.15, -0.1) is 10.2 Å². The Bertz CT molecular complexity index is 1340. The predicted octanol–water partition coefficient (Wildman–Crippen LogP) is 3.39. The van der Waals surface area contributed by atoms with Crippen molar-refractivity contribution in [2.75, 3.05) is 5.32 Å². The summed E-state index contributed by atoms with van der Waals surface area (Å²) in [6.45, 7) is 1.59. The first-order valence-corrected chi connectivity index (χ1v) is 13.3. The molecule has 1 fully saturated rings. The summed E-state index contributed by atoms with van der Waals surface area (Å²) in [7, 11) is 0. The molecule has 20 heteroatoms. The Morgan fingerprint density at radius 2 is 1.89 bits per heavy atom. The third-order valence-electron chi connectivity index (χ3n) is 6.54. The number of aliphatic imine (C=N–C) groups is 1. The molecule has 244 valence electrons. The minimum absolute atomic E-state index is 0.174. The summed E-state index contributed by atoms with van der Waals surface area (Å²) < 4.78 is 109. The molecule has 0 radical (unpaired) electrons. The molecule has 1 saturated carbocycles. The van der Waals surface area contributed by atoms with E-state index in [1.165, 1.54) is 6.08 Å². The average molecular weight is 643 g/mol. The number of amides is 2. The van der Waals surface area contributed by atoms with Gasteiger partial charge in [-0.3, -0.25) is 19.3 Å². The molecule has 1 unspecified atom stereocenters. The molecule has 4 N–H and O–H groups in total. The number of alkyl halides is 7. The van der Waals surface area contributed by atoms with Gasteiger partial charge in [-0.1, -0.05) is 0 Å². The lowest BCUT2D eigenvalue weighted by molar-refractivity contribution is -0.143. The van der Waals surface area contributed by atoms with Gasteiger partial charge in [0.15, 0.2) is 5.82 Å². The Morgan fingerprint density at radius 3 is 2.45 bits per heavy atom. The molecule has 0 spiro atoms. The van der Waals surface area contributed by atoms with E-state index in [0.717, 1.165) is 12.4 Å². The number of carbonyl (C=O) groups is 2. The quantitative estimate of drug-likeness (QED) is 0.237. The summed E-state index contributed by atoms with van der Waals surface area (Å²) in [6.07, 6.45) is -7.71. The van der Waals surface area contributed by atoms with Crippen LogP contribution in [0.15, 0.2) is 23.5 Å². The van der Waals surface area contributed by atoms with Crippen LogP contribution in [0.1, 0.15) is 57.8 Å². The van der Waals surface area contributed by atoms with Crippen molar-refractivity contribution < 1.29 is 44.7 Å². The smallest absolute Gasteiger partial charge is 0.405 e. The molecule has 2 heterocycles. The molecule has 0 saturated heterocycles. The lowest BCUT2D eigenvalue weighted by Gasteiger charge is -2.33. The number of hydrogen-bond donors (Lipinski definition) is 3. The van der Waals surface area contributed by atoms with Crippen molar-refractivity contribution >= 4 is 23.2 Å². The third-order valence-corrected chi connectivity index (χ3v) is 6.54. The van der Waals surface area contributed by atoms with Crippen LogP contribution in [0.25, 0.3) is 0 Å². The van der Waals surface area contributed by atoms with Gasteiger partial charge in [0.25, 0.3) is 11.9 Å². The largest absolute Gasteiger partial charge is 0.408 e. The molecule has 2 aromatic rings. The van der Waals surface area contributed by atoms with Crippen LogP contribution < -0.4 is 16.4 Å². The topological polar surface area (TPSA) is 158 Å². The molecule has 0 bridgehead atoms. The highest BCUT2D eigenvalue weighted by atomic mass is 19.4. The lowest BCUT2D eigenvalue weighted by atomic mass is 9.81. The fraction of sp³-hybridized carbons (Fsp3) is 0.625. The number of carbonyl (C=O) groups excluding carboxylic acids is 2. The van der Waals surface area contributed by atoms with Gasteiger partial charge in [-0.2, -0.15) is 17.6 Å². The Kier molecular flexibility index (Phi) is 11.0. The Labute approximate surface area is 245 Å². The number of tetrazole rings is 1. The van der Waals surface area contributed by atoms with E-state index in [4.69, 9.17) is 5.73 Å². The van der Waals surface area contributed by atoms with Crippen molar-refractivity contribution in [2.45, 2.75) is 89.1 Å². The first-order chi connectivity index (χ1) is 20.5. The molecule has 2 aromatic heterocycles. The first kappa shape index (κ1) is 34.4. The zero-order chi connectivity index (χ0) is 32.8. The van der Waals surface area contributed by atoms with Crippen LogP contribution in [0.5, 0.6) is 0 Å². The van der Waals surface area contributed by atoms with Crippen molar-refractivity contribution in [3.05, 3.63) is 30.2 Å². The maximum Gasteiger partial charge on any atom is 0.408 e. The summed E-state index contributed by atoms with van der Waals surface area (Å²) in [5.74, 6) is -7.86. The van der Waals surface area contributed by atoms with Gasteiger partial charge in [0, 0.05) is 25.3 Å². The number of halogens is 8. The highest BCUT2D eigenvalue weighted by Crippen LogP contribution is 2.38. The number of nitrogens with one attached hydrogen (secondary N) is 2. The molecule has 44 heavy (non-hydrogen) atoms. The van der Waals surface area contributed by atoms with Crippen LogP contribution in [-0.2, 0) is 16.1 Å². The molecular weight excluding hydrogens is 612 g/mol. The number of anilines is 1. The number of aromatic nitrogens is 6. The molecule has 2 amide bonds. The van der Waals surface area contributed by atoms with Gasteiger partial charge in [-0.05, 0) is 55.3 Å². The van der Waals surface area contributed by atoms with E-state index in [1.807, 2.05) is 0 Å². The van der Waals surface area contributed by atoms with Gasteiger partial charge < -0.3 is 16.4 Å². The Balaban J connectivity index is 1.92. The van der Waals surface area contributed by atoms with Crippen molar-refractivity contribution in [1.29, 1.82) is 0 Å². The molecule has 0 aliphatic heterocycles. The molecular formula is C24H30F8N10O2. The molecule has 0 aromatic carbocycles. The second kappa shape index (κ2) is 14.1.